The van der Waals surface area contributed by atoms with Crippen LogP contribution in [0.1, 0.15) is 37.1 Å². The molecule has 4 rings (SSSR count). The highest BCUT2D eigenvalue weighted by Gasteiger charge is 2.38. The molecule has 1 aliphatic heterocycles. The first-order valence-corrected chi connectivity index (χ1v) is 8.99. The van der Waals surface area contributed by atoms with Crippen LogP contribution in [0.25, 0.3) is 10.2 Å². The van der Waals surface area contributed by atoms with Gasteiger partial charge in [-0.05, 0) is 37.3 Å². The summed E-state index contributed by atoms with van der Waals surface area (Å²) < 4.78 is 1.18. The van der Waals surface area contributed by atoms with Gasteiger partial charge in [-0.1, -0.05) is 25.0 Å². The molecule has 0 bridgehead atoms. The number of hydrogen-bond acceptors (Lipinski definition) is 4. The lowest BCUT2D eigenvalue weighted by Gasteiger charge is -2.24. The molecule has 1 aromatic heterocycles. The number of fused-ring (bicyclic) bond motifs is 2. The lowest BCUT2D eigenvalue weighted by atomic mass is 9.85. The summed E-state index contributed by atoms with van der Waals surface area (Å²) in [5, 5.41) is 7.56. The van der Waals surface area contributed by atoms with Gasteiger partial charge in [-0.3, -0.25) is 4.79 Å². The highest BCUT2D eigenvalue weighted by molar-refractivity contribution is 7.18. The van der Waals surface area contributed by atoms with E-state index in [-0.39, 0.29) is 24.4 Å². The SMILES string of the molecule is Cl.O=C(NCc1nc2ccccc2s1)C1CC2CCCCC2N1. The van der Waals surface area contributed by atoms with Crippen molar-refractivity contribution in [3.63, 3.8) is 0 Å². The van der Waals surface area contributed by atoms with Gasteiger partial charge < -0.3 is 10.6 Å². The zero-order chi connectivity index (χ0) is 14.9. The van der Waals surface area contributed by atoms with Crippen LogP contribution < -0.4 is 10.6 Å². The molecule has 3 unspecified atom stereocenters. The molecule has 0 spiro atoms. The van der Waals surface area contributed by atoms with Gasteiger partial charge in [0, 0.05) is 6.04 Å². The number of carbonyl (C=O) groups is 1. The maximum Gasteiger partial charge on any atom is 0.237 e. The van der Waals surface area contributed by atoms with Crippen LogP contribution in [-0.2, 0) is 11.3 Å². The van der Waals surface area contributed by atoms with Crippen molar-refractivity contribution < 1.29 is 4.79 Å². The molecule has 2 heterocycles. The quantitative estimate of drug-likeness (QED) is 0.892. The average Bonchev–Trinajstić information content (AvgIpc) is 3.15. The van der Waals surface area contributed by atoms with Crippen molar-refractivity contribution in [3.05, 3.63) is 29.3 Å². The molecular formula is C17H22ClN3OS. The Kier molecular flexibility index (Phi) is 5.19. The van der Waals surface area contributed by atoms with E-state index in [0.717, 1.165) is 16.9 Å². The van der Waals surface area contributed by atoms with Gasteiger partial charge >= 0.3 is 0 Å². The molecule has 2 N–H and O–H groups in total. The first kappa shape index (κ1) is 16.7. The number of nitrogens with zero attached hydrogens (tertiary/aromatic N) is 1. The number of para-hydroxylation sites is 1. The number of carbonyl (C=O) groups excluding carboxylic acids is 1. The monoisotopic (exact) mass is 351 g/mol. The Balaban J connectivity index is 0.00000156. The number of benzene rings is 1. The molecule has 23 heavy (non-hydrogen) atoms. The zero-order valence-electron chi connectivity index (χ0n) is 13.0. The first-order valence-electron chi connectivity index (χ1n) is 8.18. The Morgan fingerprint density at radius 2 is 2.13 bits per heavy atom. The van der Waals surface area contributed by atoms with Gasteiger partial charge in [0.2, 0.25) is 5.91 Å². The van der Waals surface area contributed by atoms with Crippen LogP contribution in [0.15, 0.2) is 24.3 Å². The third-order valence-corrected chi connectivity index (χ3v) is 5.97. The summed E-state index contributed by atoms with van der Waals surface area (Å²) in [7, 11) is 0. The summed E-state index contributed by atoms with van der Waals surface area (Å²) in [6.45, 7) is 0.533. The summed E-state index contributed by atoms with van der Waals surface area (Å²) in [6, 6.07) is 8.65. The molecule has 2 aliphatic rings. The fraction of sp³-hybridized carbons (Fsp3) is 0.529. The standard InChI is InChI=1S/C17H21N3OS.ClH/c21-17(14-9-11-5-1-2-6-12(11)19-14)18-10-16-20-13-7-3-4-8-15(13)22-16;/h3-4,7-8,11-12,14,19H,1-2,5-6,9-10H2,(H,18,21);1H. The Labute approximate surface area is 146 Å². The second-order valence-corrected chi connectivity index (χ2v) is 7.51. The third-order valence-electron chi connectivity index (χ3n) is 4.93. The highest BCUT2D eigenvalue weighted by Crippen LogP contribution is 2.33. The Morgan fingerprint density at radius 3 is 2.96 bits per heavy atom. The Hall–Kier alpha value is -1.17. The summed E-state index contributed by atoms with van der Waals surface area (Å²) in [5.41, 5.74) is 1.02. The number of rotatable bonds is 3. The van der Waals surface area contributed by atoms with Gasteiger partial charge in [0.1, 0.15) is 5.01 Å². The summed E-state index contributed by atoms with van der Waals surface area (Å²) >= 11 is 1.66. The van der Waals surface area contributed by atoms with Gasteiger partial charge in [-0.25, -0.2) is 4.98 Å². The van der Waals surface area contributed by atoms with Crippen LogP contribution >= 0.6 is 23.7 Å². The molecule has 124 valence electrons. The maximum atomic E-state index is 12.4. The van der Waals surface area contributed by atoms with Gasteiger partial charge in [-0.15, -0.1) is 23.7 Å². The lowest BCUT2D eigenvalue weighted by molar-refractivity contribution is -0.123. The van der Waals surface area contributed by atoms with Crippen LogP contribution in [0.2, 0.25) is 0 Å². The summed E-state index contributed by atoms with van der Waals surface area (Å²) in [4.78, 5) is 16.9. The molecule has 2 aromatic rings. The van der Waals surface area contributed by atoms with Gasteiger partial charge in [0.05, 0.1) is 22.8 Å². The second kappa shape index (κ2) is 7.16. The van der Waals surface area contributed by atoms with E-state index in [0.29, 0.717) is 18.5 Å². The van der Waals surface area contributed by atoms with Gasteiger partial charge in [0.15, 0.2) is 0 Å². The van der Waals surface area contributed by atoms with Gasteiger partial charge in [-0.2, -0.15) is 0 Å². The molecule has 1 amide bonds. The summed E-state index contributed by atoms with van der Waals surface area (Å²) in [6.07, 6.45) is 6.12. The van der Waals surface area contributed by atoms with E-state index >= 15 is 0 Å². The maximum absolute atomic E-state index is 12.4. The Bertz CT molecular complexity index is 642. The minimum absolute atomic E-state index is 0. The number of hydrogen-bond donors (Lipinski definition) is 2. The fourth-order valence-electron chi connectivity index (χ4n) is 3.80. The van der Waals surface area contributed by atoms with Gasteiger partial charge in [0.25, 0.3) is 0 Å². The molecule has 1 aliphatic carbocycles. The number of nitrogens with one attached hydrogen (secondary N) is 2. The lowest BCUT2D eigenvalue weighted by Crippen LogP contribution is -2.42. The highest BCUT2D eigenvalue weighted by atomic mass is 35.5. The first-order chi connectivity index (χ1) is 10.8. The number of halogens is 1. The second-order valence-electron chi connectivity index (χ2n) is 6.40. The molecule has 6 heteroatoms. The van der Waals surface area contributed by atoms with Crippen LogP contribution in [0.4, 0.5) is 0 Å². The number of aromatic nitrogens is 1. The van der Waals surface area contributed by atoms with Crippen molar-refractivity contribution in [3.8, 4) is 0 Å². The Morgan fingerprint density at radius 1 is 1.30 bits per heavy atom. The predicted molar refractivity (Wildman–Crippen MR) is 96.0 cm³/mol. The van der Waals surface area contributed by atoms with Crippen molar-refractivity contribution in [1.29, 1.82) is 0 Å². The number of thiazole rings is 1. The van der Waals surface area contributed by atoms with Crippen molar-refractivity contribution in [1.82, 2.24) is 15.6 Å². The van der Waals surface area contributed by atoms with E-state index in [1.54, 1.807) is 11.3 Å². The largest absolute Gasteiger partial charge is 0.348 e. The van der Waals surface area contributed by atoms with E-state index in [9.17, 15) is 4.79 Å². The summed E-state index contributed by atoms with van der Waals surface area (Å²) in [5.74, 6) is 0.834. The average molecular weight is 352 g/mol. The smallest absolute Gasteiger partial charge is 0.237 e. The predicted octanol–water partition coefficient (Wildman–Crippen LogP) is 3.26. The topological polar surface area (TPSA) is 54.0 Å². The third kappa shape index (κ3) is 3.52. The van der Waals surface area contributed by atoms with Crippen molar-refractivity contribution in [2.45, 2.75) is 50.7 Å². The van der Waals surface area contributed by atoms with Crippen LogP contribution in [0.5, 0.6) is 0 Å². The van der Waals surface area contributed by atoms with E-state index in [1.165, 1.54) is 30.4 Å². The zero-order valence-corrected chi connectivity index (χ0v) is 14.6. The van der Waals surface area contributed by atoms with E-state index < -0.39 is 0 Å². The molecule has 3 atom stereocenters. The van der Waals surface area contributed by atoms with E-state index in [1.807, 2.05) is 18.2 Å². The molecule has 2 fully saturated rings. The fourth-order valence-corrected chi connectivity index (χ4v) is 4.71. The van der Waals surface area contributed by atoms with E-state index in [2.05, 4.69) is 21.7 Å². The minimum Gasteiger partial charge on any atom is -0.348 e. The van der Waals surface area contributed by atoms with Crippen molar-refractivity contribution >= 4 is 39.9 Å². The molecular weight excluding hydrogens is 330 g/mol. The van der Waals surface area contributed by atoms with E-state index in [4.69, 9.17) is 0 Å². The van der Waals surface area contributed by atoms with Crippen LogP contribution in [0, 0.1) is 5.92 Å². The molecule has 1 aromatic carbocycles. The molecule has 1 saturated carbocycles. The molecule has 1 saturated heterocycles. The van der Waals surface area contributed by atoms with Crippen LogP contribution in [0.3, 0.4) is 0 Å². The minimum atomic E-state index is -0.0116. The van der Waals surface area contributed by atoms with Crippen molar-refractivity contribution in [2.75, 3.05) is 0 Å². The van der Waals surface area contributed by atoms with Crippen molar-refractivity contribution in [2.24, 2.45) is 5.92 Å². The molecule has 0 radical (unpaired) electrons. The normalized spacial score (nSPS) is 26.5. The number of amides is 1. The molecule has 4 nitrogen and oxygen atoms in total. The van der Waals surface area contributed by atoms with Crippen LogP contribution in [-0.4, -0.2) is 23.0 Å².